The van der Waals surface area contributed by atoms with Crippen LogP contribution in [0, 0.1) is 0 Å². The normalized spacial score (nSPS) is 18.6. The van der Waals surface area contributed by atoms with Crippen molar-refractivity contribution < 1.29 is 4.74 Å². The van der Waals surface area contributed by atoms with Gasteiger partial charge in [0.15, 0.2) is 0 Å². The van der Waals surface area contributed by atoms with E-state index in [0.29, 0.717) is 0 Å². The van der Waals surface area contributed by atoms with Crippen molar-refractivity contribution in [3.8, 4) is 5.75 Å². The minimum atomic E-state index is 0.822. The highest BCUT2D eigenvalue weighted by Gasteiger charge is 2.18. The quantitative estimate of drug-likeness (QED) is 0.486. The standard InChI is InChI=1S/C21H28N2OS2/c1-2-10-22(11-3-1)12-5-14-24-20-8-7-18-9-13-23(17-19(18)16-20)26-21-6-4-15-25-21/h4,6-8,15-16H,1-3,5,9-14,17H2. The molecule has 1 fully saturated rings. The number of ether oxygens (including phenoxy) is 1. The SMILES string of the molecule is c1csc(SN2CCc3ccc(OCCCN4CCCCC4)cc3C2)c1. The van der Waals surface area contributed by atoms with Crippen molar-refractivity contribution in [3.63, 3.8) is 0 Å². The van der Waals surface area contributed by atoms with Crippen LogP contribution in [0.4, 0.5) is 0 Å². The van der Waals surface area contributed by atoms with E-state index >= 15 is 0 Å². The average molecular weight is 389 g/mol. The highest BCUT2D eigenvalue weighted by Crippen LogP contribution is 2.33. The van der Waals surface area contributed by atoms with Crippen LogP contribution in [0.3, 0.4) is 0 Å². The fraction of sp³-hybridized carbons (Fsp3) is 0.524. The van der Waals surface area contributed by atoms with Crippen molar-refractivity contribution >= 4 is 23.3 Å². The molecule has 0 spiro atoms. The first kappa shape index (κ1) is 18.4. The van der Waals surface area contributed by atoms with Crippen LogP contribution >= 0.6 is 23.3 Å². The lowest BCUT2D eigenvalue weighted by molar-refractivity contribution is 0.205. The smallest absolute Gasteiger partial charge is 0.119 e. The van der Waals surface area contributed by atoms with Crippen molar-refractivity contribution in [2.75, 3.05) is 32.8 Å². The first-order chi connectivity index (χ1) is 12.9. The molecule has 140 valence electrons. The van der Waals surface area contributed by atoms with Gasteiger partial charge in [0.2, 0.25) is 0 Å². The second kappa shape index (κ2) is 9.27. The van der Waals surface area contributed by atoms with E-state index in [-0.39, 0.29) is 0 Å². The van der Waals surface area contributed by atoms with Gasteiger partial charge in [0.25, 0.3) is 0 Å². The molecule has 0 bridgehead atoms. The predicted octanol–water partition coefficient (Wildman–Crippen LogP) is 5.07. The summed E-state index contributed by atoms with van der Waals surface area (Å²) in [5.41, 5.74) is 2.91. The van der Waals surface area contributed by atoms with Gasteiger partial charge >= 0.3 is 0 Å². The number of benzene rings is 1. The molecule has 2 aliphatic rings. The third kappa shape index (κ3) is 5.03. The Kier molecular flexibility index (Phi) is 6.54. The van der Waals surface area contributed by atoms with Gasteiger partial charge in [0.1, 0.15) is 5.75 Å². The number of nitrogens with zero attached hydrogens (tertiary/aromatic N) is 2. The van der Waals surface area contributed by atoms with Crippen molar-refractivity contribution in [2.45, 2.75) is 42.9 Å². The zero-order valence-corrected chi connectivity index (χ0v) is 17.0. The molecule has 2 aromatic rings. The van der Waals surface area contributed by atoms with Crippen LogP contribution in [0.25, 0.3) is 0 Å². The van der Waals surface area contributed by atoms with Crippen LogP contribution in [-0.4, -0.2) is 42.0 Å². The van der Waals surface area contributed by atoms with Crippen molar-refractivity contribution in [1.29, 1.82) is 0 Å². The fourth-order valence-electron chi connectivity index (χ4n) is 3.78. The molecule has 0 atom stereocenters. The van der Waals surface area contributed by atoms with Crippen LogP contribution in [0.5, 0.6) is 5.75 Å². The lowest BCUT2D eigenvalue weighted by Gasteiger charge is -2.27. The van der Waals surface area contributed by atoms with E-state index < -0.39 is 0 Å². The largest absolute Gasteiger partial charge is 0.494 e. The Labute approximate surface area is 165 Å². The van der Waals surface area contributed by atoms with Crippen molar-refractivity contribution in [1.82, 2.24) is 9.21 Å². The van der Waals surface area contributed by atoms with Crippen LogP contribution in [0.1, 0.15) is 36.8 Å². The van der Waals surface area contributed by atoms with Gasteiger partial charge in [-0.2, -0.15) is 0 Å². The summed E-state index contributed by atoms with van der Waals surface area (Å²) in [5, 5.41) is 2.15. The van der Waals surface area contributed by atoms with Gasteiger partial charge < -0.3 is 9.64 Å². The van der Waals surface area contributed by atoms with Crippen LogP contribution in [-0.2, 0) is 13.0 Å². The summed E-state index contributed by atoms with van der Waals surface area (Å²) in [7, 11) is 0. The first-order valence-corrected chi connectivity index (χ1v) is 11.5. The molecular weight excluding hydrogens is 360 g/mol. The molecule has 3 heterocycles. The minimum Gasteiger partial charge on any atom is -0.494 e. The van der Waals surface area contributed by atoms with Gasteiger partial charge in [-0.3, -0.25) is 0 Å². The van der Waals surface area contributed by atoms with Crippen molar-refractivity contribution in [3.05, 3.63) is 46.8 Å². The molecular formula is C21H28N2OS2. The number of rotatable bonds is 7. The zero-order chi connectivity index (χ0) is 17.6. The molecule has 0 N–H and O–H groups in total. The molecule has 0 aliphatic carbocycles. The lowest BCUT2D eigenvalue weighted by Crippen LogP contribution is -2.31. The number of thiophene rings is 1. The van der Waals surface area contributed by atoms with Crippen LogP contribution in [0.2, 0.25) is 0 Å². The molecule has 1 saturated heterocycles. The molecule has 1 aromatic carbocycles. The van der Waals surface area contributed by atoms with E-state index in [2.05, 4.69) is 44.9 Å². The molecule has 2 aliphatic heterocycles. The number of fused-ring (bicyclic) bond motifs is 1. The van der Waals surface area contributed by atoms with E-state index in [0.717, 1.165) is 38.3 Å². The summed E-state index contributed by atoms with van der Waals surface area (Å²) in [5.74, 6) is 1.03. The Balaban J connectivity index is 1.26. The van der Waals surface area contributed by atoms with Crippen LogP contribution < -0.4 is 4.74 Å². The first-order valence-electron chi connectivity index (χ1n) is 9.80. The maximum atomic E-state index is 6.05. The lowest BCUT2D eigenvalue weighted by atomic mass is 10.0. The third-order valence-electron chi connectivity index (χ3n) is 5.21. The Morgan fingerprint density at radius 3 is 2.81 bits per heavy atom. The number of likely N-dealkylation sites (tertiary alicyclic amines) is 1. The Morgan fingerprint density at radius 1 is 1.04 bits per heavy atom. The molecule has 1 aromatic heterocycles. The molecule has 26 heavy (non-hydrogen) atoms. The third-order valence-corrected chi connectivity index (χ3v) is 7.26. The molecule has 3 nitrogen and oxygen atoms in total. The summed E-state index contributed by atoms with van der Waals surface area (Å²) in [6, 6.07) is 11.0. The molecule has 5 heteroatoms. The molecule has 0 saturated carbocycles. The molecule has 0 radical (unpaired) electrons. The van der Waals surface area contributed by atoms with E-state index in [1.54, 1.807) is 0 Å². The molecule has 0 unspecified atom stereocenters. The second-order valence-corrected chi connectivity index (χ2v) is 9.52. The van der Waals surface area contributed by atoms with Gasteiger partial charge in [-0.05, 0) is 85.4 Å². The fourth-order valence-corrected chi connectivity index (χ4v) is 5.66. The number of piperidine rings is 1. The van der Waals surface area contributed by atoms with Gasteiger partial charge in [0.05, 0.1) is 10.8 Å². The Hall–Kier alpha value is -1.01. The monoisotopic (exact) mass is 388 g/mol. The van der Waals surface area contributed by atoms with Gasteiger partial charge in [-0.25, -0.2) is 4.31 Å². The van der Waals surface area contributed by atoms with Gasteiger partial charge in [-0.1, -0.05) is 18.6 Å². The summed E-state index contributed by atoms with van der Waals surface area (Å²) in [6.07, 6.45) is 6.39. The highest BCUT2D eigenvalue weighted by atomic mass is 32.2. The van der Waals surface area contributed by atoms with Gasteiger partial charge in [-0.15, -0.1) is 11.3 Å². The maximum Gasteiger partial charge on any atom is 0.119 e. The van der Waals surface area contributed by atoms with Gasteiger partial charge in [0, 0.05) is 19.6 Å². The second-order valence-electron chi connectivity index (χ2n) is 7.17. The van der Waals surface area contributed by atoms with E-state index in [1.165, 1.54) is 54.2 Å². The highest BCUT2D eigenvalue weighted by molar-refractivity contribution is 7.98. The minimum absolute atomic E-state index is 0.822. The predicted molar refractivity (Wildman–Crippen MR) is 111 cm³/mol. The van der Waals surface area contributed by atoms with E-state index in [9.17, 15) is 0 Å². The molecule has 0 amide bonds. The number of hydrogen-bond donors (Lipinski definition) is 0. The van der Waals surface area contributed by atoms with Crippen molar-refractivity contribution in [2.24, 2.45) is 0 Å². The maximum absolute atomic E-state index is 6.05. The summed E-state index contributed by atoms with van der Waals surface area (Å²) in [4.78, 5) is 2.58. The summed E-state index contributed by atoms with van der Waals surface area (Å²) >= 11 is 3.70. The van der Waals surface area contributed by atoms with E-state index in [4.69, 9.17) is 4.74 Å². The topological polar surface area (TPSA) is 15.7 Å². The Bertz CT molecular complexity index is 683. The summed E-state index contributed by atoms with van der Waals surface area (Å²) in [6.45, 7) is 6.67. The zero-order valence-electron chi connectivity index (χ0n) is 15.4. The molecule has 4 rings (SSSR count). The Morgan fingerprint density at radius 2 is 1.96 bits per heavy atom. The average Bonchev–Trinajstić information content (AvgIpc) is 3.19. The summed E-state index contributed by atoms with van der Waals surface area (Å²) < 4.78 is 9.89. The van der Waals surface area contributed by atoms with E-state index in [1.807, 2.05) is 23.3 Å². The number of hydrogen-bond acceptors (Lipinski definition) is 5. The van der Waals surface area contributed by atoms with Crippen LogP contribution in [0.15, 0.2) is 39.9 Å².